The zero-order valence-electron chi connectivity index (χ0n) is 23.1. The first-order chi connectivity index (χ1) is 20.6. The average molecular weight is 544 g/mol. The highest BCUT2D eigenvalue weighted by molar-refractivity contribution is 6.08. The molecule has 1 aliphatic rings. The average Bonchev–Trinajstić information content (AvgIpc) is 3.65. The summed E-state index contributed by atoms with van der Waals surface area (Å²) in [6.07, 6.45) is 7.18. The van der Waals surface area contributed by atoms with Gasteiger partial charge in [-0.2, -0.15) is 0 Å². The quantitative estimate of drug-likeness (QED) is 0.222. The van der Waals surface area contributed by atoms with Gasteiger partial charge in [0.25, 0.3) is 0 Å². The third-order valence-corrected chi connectivity index (χ3v) is 8.86. The molecule has 0 unspecified atom stereocenters. The van der Waals surface area contributed by atoms with E-state index >= 15 is 0 Å². The first-order valence-electron chi connectivity index (χ1n) is 14.1. The number of fused-ring (bicyclic) bond motifs is 9. The minimum Gasteiger partial charge on any atom is -0.454 e. The number of anilines is 3. The number of hydrogen-bond donors (Lipinski definition) is 0. The van der Waals surface area contributed by atoms with Crippen LogP contribution in [-0.4, -0.2) is 9.97 Å². The van der Waals surface area contributed by atoms with Gasteiger partial charge in [0.1, 0.15) is 11.2 Å². The number of benzene rings is 4. The van der Waals surface area contributed by atoms with E-state index in [-0.39, 0.29) is 5.41 Å². The van der Waals surface area contributed by atoms with Gasteiger partial charge in [0.15, 0.2) is 11.2 Å². The van der Waals surface area contributed by atoms with Crippen molar-refractivity contribution in [1.29, 1.82) is 0 Å². The molecule has 1 aliphatic carbocycles. The topological polar surface area (TPSA) is 55.3 Å². The van der Waals surface area contributed by atoms with Gasteiger partial charge in [-0.05, 0) is 82.9 Å². The highest BCUT2D eigenvalue weighted by Gasteiger charge is 2.35. The zero-order chi connectivity index (χ0) is 28.0. The maximum absolute atomic E-state index is 6.12. The molecule has 9 rings (SSSR count). The molecular weight excluding hydrogens is 518 g/mol. The van der Waals surface area contributed by atoms with Crippen LogP contribution < -0.4 is 4.90 Å². The lowest BCUT2D eigenvalue weighted by atomic mass is 9.82. The largest absolute Gasteiger partial charge is 0.454 e. The molecule has 5 nitrogen and oxygen atoms in total. The van der Waals surface area contributed by atoms with E-state index < -0.39 is 0 Å². The Balaban J connectivity index is 1.30. The molecule has 4 heterocycles. The first kappa shape index (κ1) is 23.3. The minimum absolute atomic E-state index is 0.0550. The van der Waals surface area contributed by atoms with Crippen molar-refractivity contribution < 1.29 is 8.83 Å². The maximum Gasteiger partial charge on any atom is 0.153 e. The van der Waals surface area contributed by atoms with E-state index in [1.807, 2.05) is 24.5 Å². The van der Waals surface area contributed by atoms with Crippen LogP contribution in [0.3, 0.4) is 0 Å². The number of aromatic nitrogens is 2. The summed E-state index contributed by atoms with van der Waals surface area (Å²) in [5, 5.41) is 4.22. The van der Waals surface area contributed by atoms with Gasteiger partial charge in [-0.25, -0.2) is 0 Å². The predicted octanol–water partition coefficient (Wildman–Crippen LogP) is 10.1. The van der Waals surface area contributed by atoms with Crippen LogP contribution in [0.1, 0.15) is 25.0 Å². The van der Waals surface area contributed by atoms with Gasteiger partial charge in [0.05, 0.1) is 12.4 Å². The Morgan fingerprint density at radius 2 is 1.07 bits per heavy atom. The summed E-state index contributed by atoms with van der Waals surface area (Å²) >= 11 is 0. The molecule has 0 aliphatic heterocycles. The first-order valence-corrected chi connectivity index (χ1v) is 14.1. The van der Waals surface area contributed by atoms with Crippen molar-refractivity contribution >= 4 is 60.9 Å². The van der Waals surface area contributed by atoms with E-state index in [0.717, 1.165) is 60.9 Å². The van der Waals surface area contributed by atoms with Gasteiger partial charge in [0.2, 0.25) is 0 Å². The van der Waals surface area contributed by atoms with Crippen LogP contribution >= 0.6 is 0 Å². The summed E-state index contributed by atoms with van der Waals surface area (Å²) in [6, 6.07) is 32.5. The normalized spacial score (nSPS) is 13.7. The van der Waals surface area contributed by atoms with E-state index in [1.54, 1.807) is 12.4 Å². The Bertz CT molecular complexity index is 2250. The molecule has 0 saturated heterocycles. The molecule has 0 N–H and O–H groups in total. The van der Waals surface area contributed by atoms with Crippen molar-refractivity contribution in [3.05, 3.63) is 127 Å². The summed E-state index contributed by atoms with van der Waals surface area (Å²) in [5.74, 6) is 0. The fraction of sp³-hybridized carbons (Fsp3) is 0.0811. The summed E-state index contributed by atoms with van der Waals surface area (Å²) < 4.78 is 12.2. The third-order valence-electron chi connectivity index (χ3n) is 8.86. The molecule has 0 fully saturated rings. The lowest BCUT2D eigenvalue weighted by molar-refractivity contribution is 0.660. The van der Waals surface area contributed by atoms with Gasteiger partial charge < -0.3 is 13.7 Å². The van der Waals surface area contributed by atoms with E-state index in [9.17, 15) is 0 Å². The summed E-state index contributed by atoms with van der Waals surface area (Å²) in [7, 11) is 0. The number of nitrogens with zero attached hydrogens (tertiary/aromatic N) is 3. The molecule has 42 heavy (non-hydrogen) atoms. The van der Waals surface area contributed by atoms with E-state index in [0.29, 0.717) is 0 Å². The molecule has 0 spiro atoms. The van der Waals surface area contributed by atoms with Crippen molar-refractivity contribution in [2.45, 2.75) is 19.3 Å². The van der Waals surface area contributed by atoms with Crippen molar-refractivity contribution in [2.24, 2.45) is 0 Å². The number of hydrogen-bond acceptors (Lipinski definition) is 5. The van der Waals surface area contributed by atoms with Crippen molar-refractivity contribution in [1.82, 2.24) is 9.97 Å². The van der Waals surface area contributed by atoms with Gasteiger partial charge >= 0.3 is 0 Å². The van der Waals surface area contributed by atoms with Crippen LogP contribution in [0.15, 0.2) is 125 Å². The second-order valence-electron chi connectivity index (χ2n) is 11.5. The standard InChI is InChI=1S/C37H25N3O2/c1-37(2)31-6-4-3-5-25(31)28-17-22(7-10-32(28)37)40(23-8-11-33-29(18-23)26-13-15-38-20-35(26)41-33)24-9-12-34-30(19-24)27-14-16-39-21-36(27)42-34/h3-21H,1-2H3. The maximum atomic E-state index is 6.12. The number of furan rings is 2. The fourth-order valence-electron chi connectivity index (χ4n) is 6.81. The minimum atomic E-state index is -0.0550. The zero-order valence-corrected chi connectivity index (χ0v) is 23.1. The highest BCUT2D eigenvalue weighted by atomic mass is 16.3. The molecule has 0 atom stereocenters. The van der Waals surface area contributed by atoms with Crippen molar-refractivity contribution in [3.8, 4) is 11.1 Å². The van der Waals surface area contributed by atoms with Crippen LogP contribution in [0.2, 0.25) is 0 Å². The van der Waals surface area contributed by atoms with Gasteiger partial charge in [0, 0.05) is 56.4 Å². The number of pyridine rings is 2. The summed E-state index contributed by atoms with van der Waals surface area (Å²) in [6.45, 7) is 4.63. The van der Waals surface area contributed by atoms with Crippen LogP contribution in [0.5, 0.6) is 0 Å². The van der Waals surface area contributed by atoms with Crippen LogP contribution in [0.25, 0.3) is 55.0 Å². The van der Waals surface area contributed by atoms with E-state index in [2.05, 4.69) is 108 Å². The van der Waals surface area contributed by atoms with Crippen molar-refractivity contribution in [2.75, 3.05) is 4.90 Å². The van der Waals surface area contributed by atoms with Crippen LogP contribution in [0, 0.1) is 0 Å². The van der Waals surface area contributed by atoms with Gasteiger partial charge in [-0.3, -0.25) is 9.97 Å². The van der Waals surface area contributed by atoms with Crippen LogP contribution in [-0.2, 0) is 5.41 Å². The molecule has 0 radical (unpaired) electrons. The predicted molar refractivity (Wildman–Crippen MR) is 169 cm³/mol. The molecule has 0 bridgehead atoms. The fourth-order valence-corrected chi connectivity index (χ4v) is 6.81. The van der Waals surface area contributed by atoms with Crippen molar-refractivity contribution in [3.63, 3.8) is 0 Å². The molecular formula is C37H25N3O2. The third kappa shape index (κ3) is 3.19. The SMILES string of the molecule is CC1(C)c2ccccc2-c2cc(N(c3ccc4oc5cnccc5c4c3)c3ccc4oc5cnccc5c4c3)ccc21. The van der Waals surface area contributed by atoms with E-state index in [1.165, 1.54) is 22.3 Å². The smallest absolute Gasteiger partial charge is 0.153 e. The van der Waals surface area contributed by atoms with Crippen LogP contribution in [0.4, 0.5) is 17.1 Å². The lowest BCUT2D eigenvalue weighted by Gasteiger charge is -2.27. The Kier molecular flexibility index (Phi) is 4.61. The monoisotopic (exact) mass is 543 g/mol. The Hall–Kier alpha value is -5.42. The molecule has 0 amide bonds. The second-order valence-corrected chi connectivity index (χ2v) is 11.5. The molecule has 200 valence electrons. The Morgan fingerprint density at radius 3 is 1.71 bits per heavy atom. The summed E-state index contributed by atoms with van der Waals surface area (Å²) in [5.41, 5.74) is 11.7. The lowest BCUT2D eigenvalue weighted by Crippen LogP contribution is -2.15. The van der Waals surface area contributed by atoms with Gasteiger partial charge in [-0.15, -0.1) is 0 Å². The molecule has 0 saturated carbocycles. The molecule has 8 aromatic rings. The number of rotatable bonds is 3. The van der Waals surface area contributed by atoms with E-state index in [4.69, 9.17) is 8.83 Å². The summed E-state index contributed by atoms with van der Waals surface area (Å²) in [4.78, 5) is 10.8. The molecule has 4 aromatic heterocycles. The molecule has 4 aromatic carbocycles. The highest BCUT2D eigenvalue weighted by Crippen LogP contribution is 2.51. The Labute approximate surface area is 241 Å². The van der Waals surface area contributed by atoms with Gasteiger partial charge in [-0.1, -0.05) is 44.2 Å². The molecule has 5 heteroatoms. The Morgan fingerprint density at radius 1 is 0.524 bits per heavy atom. The second kappa shape index (κ2) is 8.30.